The monoisotopic (exact) mass is 542 g/mol. The number of fused-ring (bicyclic) bond motifs is 1. The van der Waals surface area contributed by atoms with Crippen LogP contribution >= 0.6 is 0 Å². The van der Waals surface area contributed by atoms with Gasteiger partial charge in [-0.2, -0.15) is 0 Å². The zero-order valence-corrected chi connectivity index (χ0v) is 23.7. The number of amides is 2. The van der Waals surface area contributed by atoms with Crippen LogP contribution in [0.4, 0.5) is 10.5 Å². The van der Waals surface area contributed by atoms with Gasteiger partial charge in [0.25, 0.3) is 5.56 Å². The molecule has 0 saturated heterocycles. The van der Waals surface area contributed by atoms with E-state index in [9.17, 15) is 9.59 Å². The summed E-state index contributed by atoms with van der Waals surface area (Å²) in [5.74, 6) is 1.70. The SMILES string of the molecule is CCCCCCN(C(=O)Nc1cccc(OC)c1)C(CC)c1nc2ccccc2c(=O)n1-c1ccccc1OC. The zero-order valence-electron chi connectivity index (χ0n) is 23.7. The number of ether oxygens (including phenoxy) is 2. The van der Waals surface area contributed by atoms with Gasteiger partial charge in [0, 0.05) is 18.3 Å². The highest BCUT2D eigenvalue weighted by Crippen LogP contribution is 2.30. The Bertz CT molecular complexity index is 1500. The van der Waals surface area contributed by atoms with Crippen LogP contribution in [0.1, 0.15) is 57.8 Å². The standard InChI is InChI=1S/C32H38N4O4/c1-5-7-8-13-21-35(32(38)33-23-15-14-16-24(22-23)39-3)27(6-2)30-34-26-18-10-9-17-25(26)31(37)36(30)28-19-11-12-20-29(28)40-4/h9-12,14-20,22,27H,5-8,13,21H2,1-4H3,(H,33,38). The minimum atomic E-state index is -0.477. The summed E-state index contributed by atoms with van der Waals surface area (Å²) < 4.78 is 12.6. The zero-order chi connectivity index (χ0) is 28.5. The van der Waals surface area contributed by atoms with E-state index in [1.807, 2.05) is 67.6 Å². The van der Waals surface area contributed by atoms with E-state index in [0.29, 0.717) is 52.6 Å². The van der Waals surface area contributed by atoms with E-state index in [-0.39, 0.29) is 11.6 Å². The van der Waals surface area contributed by atoms with E-state index < -0.39 is 6.04 Å². The summed E-state index contributed by atoms with van der Waals surface area (Å²) >= 11 is 0. The number of carbonyl (C=O) groups is 1. The van der Waals surface area contributed by atoms with Crippen molar-refractivity contribution in [2.75, 3.05) is 26.1 Å². The summed E-state index contributed by atoms with van der Waals surface area (Å²) in [6.07, 6.45) is 4.57. The Kier molecular flexibility index (Phi) is 9.78. The van der Waals surface area contributed by atoms with Crippen molar-refractivity contribution >= 4 is 22.6 Å². The van der Waals surface area contributed by atoms with Crippen LogP contribution in [0.3, 0.4) is 0 Å². The summed E-state index contributed by atoms with van der Waals surface area (Å²) in [6.45, 7) is 4.69. The number of hydrogen-bond donors (Lipinski definition) is 1. The maximum atomic E-state index is 14.0. The van der Waals surface area contributed by atoms with Crippen molar-refractivity contribution in [3.8, 4) is 17.2 Å². The first kappa shape index (κ1) is 28.7. The van der Waals surface area contributed by atoms with Crippen molar-refractivity contribution in [3.05, 3.63) is 89.0 Å². The van der Waals surface area contributed by atoms with Crippen LogP contribution in [-0.4, -0.2) is 41.2 Å². The average molecular weight is 543 g/mol. The normalized spacial score (nSPS) is 11.7. The molecular formula is C32H38N4O4. The van der Waals surface area contributed by atoms with Gasteiger partial charge in [-0.15, -0.1) is 0 Å². The number of anilines is 1. The Morgan fingerprint density at radius 1 is 0.950 bits per heavy atom. The minimum absolute atomic E-state index is 0.206. The highest BCUT2D eigenvalue weighted by atomic mass is 16.5. The summed E-state index contributed by atoms with van der Waals surface area (Å²) in [5, 5.41) is 3.55. The molecule has 40 heavy (non-hydrogen) atoms. The van der Waals surface area contributed by atoms with Crippen LogP contribution in [0.5, 0.6) is 11.5 Å². The molecule has 0 saturated carbocycles. The molecule has 1 atom stereocenters. The smallest absolute Gasteiger partial charge is 0.322 e. The van der Waals surface area contributed by atoms with Crippen LogP contribution in [-0.2, 0) is 0 Å². The lowest BCUT2D eigenvalue weighted by Crippen LogP contribution is -2.41. The van der Waals surface area contributed by atoms with Crippen molar-refractivity contribution in [1.29, 1.82) is 0 Å². The van der Waals surface area contributed by atoms with Crippen molar-refractivity contribution in [2.24, 2.45) is 0 Å². The third-order valence-corrected chi connectivity index (χ3v) is 7.02. The number of unbranched alkanes of at least 4 members (excludes halogenated alkanes) is 3. The van der Waals surface area contributed by atoms with E-state index in [1.165, 1.54) is 0 Å². The number of aromatic nitrogens is 2. The van der Waals surface area contributed by atoms with E-state index >= 15 is 0 Å². The van der Waals surface area contributed by atoms with E-state index in [0.717, 1.165) is 25.7 Å². The van der Waals surface area contributed by atoms with Gasteiger partial charge in [0.15, 0.2) is 0 Å². The maximum Gasteiger partial charge on any atom is 0.322 e. The molecule has 2 amide bonds. The minimum Gasteiger partial charge on any atom is -0.497 e. The van der Waals surface area contributed by atoms with Gasteiger partial charge in [-0.25, -0.2) is 9.78 Å². The Morgan fingerprint density at radius 3 is 2.48 bits per heavy atom. The van der Waals surface area contributed by atoms with Crippen molar-refractivity contribution in [1.82, 2.24) is 14.5 Å². The van der Waals surface area contributed by atoms with E-state index in [1.54, 1.807) is 35.8 Å². The van der Waals surface area contributed by atoms with Crippen LogP contribution in [0.25, 0.3) is 16.6 Å². The molecule has 8 heteroatoms. The Labute approximate surface area is 235 Å². The van der Waals surface area contributed by atoms with Gasteiger partial charge in [0.2, 0.25) is 0 Å². The molecule has 0 radical (unpaired) electrons. The number of hydrogen-bond acceptors (Lipinski definition) is 5. The third-order valence-electron chi connectivity index (χ3n) is 7.02. The predicted octanol–water partition coefficient (Wildman–Crippen LogP) is 6.97. The molecule has 8 nitrogen and oxygen atoms in total. The first-order chi connectivity index (χ1) is 19.5. The molecular weight excluding hydrogens is 504 g/mol. The summed E-state index contributed by atoms with van der Waals surface area (Å²) in [4.78, 5) is 34.7. The highest BCUT2D eigenvalue weighted by Gasteiger charge is 2.30. The average Bonchev–Trinajstić information content (AvgIpc) is 2.99. The van der Waals surface area contributed by atoms with Gasteiger partial charge in [-0.05, 0) is 49.2 Å². The van der Waals surface area contributed by atoms with Gasteiger partial charge in [-0.3, -0.25) is 9.36 Å². The number of para-hydroxylation sites is 3. The number of carbonyl (C=O) groups excluding carboxylic acids is 1. The topological polar surface area (TPSA) is 85.7 Å². The second kappa shape index (κ2) is 13.6. The quantitative estimate of drug-likeness (QED) is 0.195. The third kappa shape index (κ3) is 6.28. The van der Waals surface area contributed by atoms with Gasteiger partial charge >= 0.3 is 6.03 Å². The molecule has 4 rings (SSSR count). The molecule has 0 aliphatic rings. The maximum absolute atomic E-state index is 14.0. The Balaban J connectivity index is 1.86. The lowest BCUT2D eigenvalue weighted by atomic mass is 10.1. The van der Waals surface area contributed by atoms with Crippen molar-refractivity contribution in [3.63, 3.8) is 0 Å². The van der Waals surface area contributed by atoms with Crippen molar-refractivity contribution < 1.29 is 14.3 Å². The molecule has 0 fully saturated rings. The van der Waals surface area contributed by atoms with E-state index in [2.05, 4.69) is 12.2 Å². The number of urea groups is 1. The molecule has 4 aromatic rings. The van der Waals surface area contributed by atoms with Gasteiger partial charge < -0.3 is 19.7 Å². The summed E-state index contributed by atoms with van der Waals surface area (Å²) in [7, 11) is 3.17. The summed E-state index contributed by atoms with van der Waals surface area (Å²) in [6, 6.07) is 21.2. The first-order valence-electron chi connectivity index (χ1n) is 13.9. The molecule has 1 heterocycles. The second-order valence-electron chi connectivity index (χ2n) is 9.64. The molecule has 1 N–H and O–H groups in total. The molecule has 1 unspecified atom stereocenters. The van der Waals surface area contributed by atoms with E-state index in [4.69, 9.17) is 14.5 Å². The first-order valence-corrected chi connectivity index (χ1v) is 13.9. The highest BCUT2D eigenvalue weighted by molar-refractivity contribution is 5.90. The second-order valence-corrected chi connectivity index (χ2v) is 9.64. The largest absolute Gasteiger partial charge is 0.497 e. The molecule has 0 spiro atoms. The summed E-state index contributed by atoms with van der Waals surface area (Å²) in [5.41, 5.74) is 1.60. The van der Waals surface area contributed by atoms with Crippen LogP contribution in [0.15, 0.2) is 77.6 Å². The Hall–Kier alpha value is -4.33. The molecule has 0 bridgehead atoms. The fourth-order valence-corrected chi connectivity index (χ4v) is 4.97. The number of nitrogens with zero attached hydrogens (tertiary/aromatic N) is 3. The number of nitrogens with one attached hydrogen (secondary N) is 1. The molecule has 210 valence electrons. The van der Waals surface area contributed by atoms with Crippen LogP contribution in [0.2, 0.25) is 0 Å². The lowest BCUT2D eigenvalue weighted by molar-refractivity contribution is 0.179. The number of methoxy groups -OCH3 is 2. The van der Waals surface area contributed by atoms with Crippen LogP contribution < -0.4 is 20.3 Å². The molecule has 0 aliphatic carbocycles. The molecule has 1 aromatic heterocycles. The van der Waals surface area contributed by atoms with Gasteiger partial charge in [-0.1, -0.05) is 63.4 Å². The Morgan fingerprint density at radius 2 is 1.73 bits per heavy atom. The fraction of sp³-hybridized carbons (Fsp3) is 0.344. The number of rotatable bonds is 12. The van der Waals surface area contributed by atoms with Gasteiger partial charge in [0.1, 0.15) is 17.3 Å². The van der Waals surface area contributed by atoms with Crippen LogP contribution in [0, 0.1) is 0 Å². The number of benzene rings is 3. The predicted molar refractivity (Wildman–Crippen MR) is 160 cm³/mol. The fourth-order valence-electron chi connectivity index (χ4n) is 4.97. The van der Waals surface area contributed by atoms with Gasteiger partial charge in [0.05, 0.1) is 36.9 Å². The van der Waals surface area contributed by atoms with Crippen molar-refractivity contribution in [2.45, 2.75) is 52.0 Å². The molecule has 3 aromatic carbocycles. The molecule has 0 aliphatic heterocycles. The lowest BCUT2D eigenvalue weighted by Gasteiger charge is -2.32.